The van der Waals surface area contributed by atoms with Gasteiger partial charge in [0.15, 0.2) is 0 Å². The van der Waals surface area contributed by atoms with Crippen LogP contribution in [0.5, 0.6) is 5.75 Å². The number of benzene rings is 3. The van der Waals surface area contributed by atoms with Gasteiger partial charge in [-0.1, -0.05) is 42.5 Å². The van der Waals surface area contributed by atoms with Crippen molar-refractivity contribution in [2.75, 3.05) is 13.7 Å². The van der Waals surface area contributed by atoms with Crippen LogP contribution in [-0.2, 0) is 6.54 Å². The normalized spacial score (nSPS) is 11.8. The minimum absolute atomic E-state index is 0.126. The number of methoxy groups -OCH3 is 1. The van der Waals surface area contributed by atoms with Crippen LogP contribution in [0.1, 0.15) is 22.6 Å². The lowest BCUT2D eigenvalue weighted by atomic mass is 9.91. The van der Waals surface area contributed by atoms with Crippen LogP contribution in [-0.4, -0.2) is 24.7 Å². The number of carbonyl (C=O) groups excluding carboxylic acids is 1. The van der Waals surface area contributed by atoms with E-state index in [9.17, 15) is 9.18 Å². The van der Waals surface area contributed by atoms with E-state index in [-0.39, 0.29) is 17.8 Å². The van der Waals surface area contributed by atoms with Crippen molar-refractivity contribution in [3.05, 3.63) is 102 Å². The predicted molar refractivity (Wildman–Crippen MR) is 120 cm³/mol. The lowest BCUT2D eigenvalue weighted by molar-refractivity contribution is 0.240. The molecule has 4 rings (SSSR count). The van der Waals surface area contributed by atoms with Gasteiger partial charge in [0.05, 0.1) is 7.11 Å². The summed E-state index contributed by atoms with van der Waals surface area (Å²) in [6, 6.07) is 21.7. The summed E-state index contributed by atoms with van der Waals surface area (Å²) >= 11 is 0. The van der Waals surface area contributed by atoms with E-state index in [0.717, 1.165) is 33.3 Å². The highest BCUT2D eigenvalue weighted by molar-refractivity contribution is 5.84. The second-order valence-corrected chi connectivity index (χ2v) is 7.31. The second kappa shape index (κ2) is 9.34. The fraction of sp³-hybridized carbons (Fsp3) is 0.160. The van der Waals surface area contributed by atoms with Crippen molar-refractivity contribution in [3.8, 4) is 5.75 Å². The summed E-state index contributed by atoms with van der Waals surface area (Å²) in [5.74, 6) is 0.333. The van der Waals surface area contributed by atoms with E-state index in [1.807, 2.05) is 54.7 Å². The number of carbonyl (C=O) groups is 1. The minimum atomic E-state index is -0.287. The number of halogens is 1. The average molecular weight is 417 g/mol. The molecule has 5 nitrogen and oxygen atoms in total. The molecule has 0 radical (unpaired) electrons. The third-order valence-electron chi connectivity index (χ3n) is 5.32. The Labute approximate surface area is 180 Å². The summed E-state index contributed by atoms with van der Waals surface area (Å²) in [6.07, 6.45) is 1.95. The van der Waals surface area contributed by atoms with Gasteiger partial charge in [-0.2, -0.15) is 0 Å². The molecule has 0 unspecified atom stereocenters. The maximum absolute atomic E-state index is 13.5. The number of fused-ring (bicyclic) bond motifs is 1. The monoisotopic (exact) mass is 417 g/mol. The van der Waals surface area contributed by atoms with Gasteiger partial charge in [0.2, 0.25) is 0 Å². The van der Waals surface area contributed by atoms with Gasteiger partial charge < -0.3 is 20.4 Å². The highest BCUT2D eigenvalue weighted by Gasteiger charge is 2.19. The van der Waals surface area contributed by atoms with Crippen molar-refractivity contribution in [2.45, 2.75) is 12.5 Å². The van der Waals surface area contributed by atoms with Crippen LogP contribution in [0.3, 0.4) is 0 Å². The summed E-state index contributed by atoms with van der Waals surface area (Å²) in [4.78, 5) is 15.8. The van der Waals surface area contributed by atoms with Gasteiger partial charge in [-0.15, -0.1) is 0 Å². The SMILES string of the molecule is COc1cccc(CNC(=O)NC[C@@H](c2ccc(F)cc2)c2c[nH]c3ccccc23)c1. The maximum Gasteiger partial charge on any atom is 0.315 e. The molecule has 1 atom stereocenters. The van der Waals surface area contributed by atoms with Gasteiger partial charge in [-0.25, -0.2) is 9.18 Å². The van der Waals surface area contributed by atoms with E-state index in [0.29, 0.717) is 13.1 Å². The van der Waals surface area contributed by atoms with Gasteiger partial charge in [-0.05, 0) is 47.0 Å². The van der Waals surface area contributed by atoms with Crippen molar-refractivity contribution >= 4 is 16.9 Å². The Kier molecular flexibility index (Phi) is 6.17. The Morgan fingerprint density at radius 1 is 1.03 bits per heavy atom. The molecular formula is C25H24FN3O2. The first-order chi connectivity index (χ1) is 15.1. The molecule has 0 aliphatic rings. The van der Waals surface area contributed by atoms with Crippen molar-refractivity contribution in [2.24, 2.45) is 0 Å². The number of urea groups is 1. The van der Waals surface area contributed by atoms with Gasteiger partial charge in [0, 0.05) is 36.1 Å². The molecule has 3 N–H and O–H groups in total. The number of hydrogen-bond donors (Lipinski definition) is 3. The molecule has 158 valence electrons. The molecule has 3 aromatic carbocycles. The largest absolute Gasteiger partial charge is 0.497 e. The number of ether oxygens (including phenoxy) is 1. The summed E-state index contributed by atoms with van der Waals surface area (Å²) in [7, 11) is 1.61. The molecule has 2 amide bonds. The molecule has 6 heteroatoms. The van der Waals surface area contributed by atoms with Gasteiger partial charge in [0.25, 0.3) is 0 Å². The number of para-hydroxylation sites is 1. The Bertz CT molecular complexity index is 1170. The van der Waals surface area contributed by atoms with Crippen molar-refractivity contribution < 1.29 is 13.9 Å². The molecule has 31 heavy (non-hydrogen) atoms. The summed E-state index contributed by atoms with van der Waals surface area (Å²) in [5.41, 5.74) is 3.95. The van der Waals surface area contributed by atoms with E-state index < -0.39 is 0 Å². The number of aromatic nitrogens is 1. The summed E-state index contributed by atoms with van der Waals surface area (Å²) < 4.78 is 18.7. The molecule has 0 bridgehead atoms. The average Bonchev–Trinajstić information content (AvgIpc) is 3.23. The molecule has 0 aliphatic carbocycles. The van der Waals surface area contributed by atoms with E-state index >= 15 is 0 Å². The lowest BCUT2D eigenvalue weighted by Gasteiger charge is -2.18. The Morgan fingerprint density at radius 3 is 2.65 bits per heavy atom. The zero-order valence-electron chi connectivity index (χ0n) is 17.2. The van der Waals surface area contributed by atoms with Crippen LogP contribution in [0, 0.1) is 5.82 Å². The Morgan fingerprint density at radius 2 is 1.84 bits per heavy atom. The number of H-pyrrole nitrogens is 1. The topological polar surface area (TPSA) is 66.2 Å². The van der Waals surface area contributed by atoms with Crippen molar-refractivity contribution in [3.63, 3.8) is 0 Å². The van der Waals surface area contributed by atoms with Gasteiger partial charge in [0.1, 0.15) is 11.6 Å². The summed E-state index contributed by atoms with van der Waals surface area (Å²) in [6.45, 7) is 0.759. The van der Waals surface area contributed by atoms with E-state index in [1.165, 1.54) is 12.1 Å². The standard InChI is InChI=1S/C25H24FN3O2/c1-31-20-6-4-5-17(13-20)14-28-25(30)29-15-22(18-9-11-19(26)12-10-18)23-16-27-24-8-3-2-7-21(23)24/h2-13,16,22,27H,14-15H2,1H3,(H2,28,29,30)/t22-/m0/s1. The molecule has 0 fully saturated rings. The van der Waals surface area contributed by atoms with Crippen LogP contribution < -0.4 is 15.4 Å². The zero-order valence-corrected chi connectivity index (χ0v) is 17.2. The first kappa shape index (κ1) is 20.5. The molecule has 0 saturated carbocycles. The van der Waals surface area contributed by atoms with E-state index in [4.69, 9.17) is 4.74 Å². The number of aromatic amines is 1. The van der Waals surface area contributed by atoms with E-state index in [2.05, 4.69) is 15.6 Å². The van der Waals surface area contributed by atoms with Crippen LogP contribution in [0.25, 0.3) is 10.9 Å². The molecule has 1 aromatic heterocycles. The van der Waals surface area contributed by atoms with Crippen LogP contribution in [0.4, 0.5) is 9.18 Å². The van der Waals surface area contributed by atoms with Crippen LogP contribution >= 0.6 is 0 Å². The molecule has 0 saturated heterocycles. The highest BCUT2D eigenvalue weighted by Crippen LogP contribution is 2.30. The number of hydrogen-bond acceptors (Lipinski definition) is 2. The maximum atomic E-state index is 13.5. The molecule has 1 heterocycles. The molecular weight excluding hydrogens is 393 g/mol. The second-order valence-electron chi connectivity index (χ2n) is 7.31. The number of rotatable bonds is 7. The Balaban J connectivity index is 1.48. The third kappa shape index (κ3) is 4.86. The number of amides is 2. The first-order valence-corrected chi connectivity index (χ1v) is 10.1. The fourth-order valence-corrected chi connectivity index (χ4v) is 3.71. The predicted octanol–water partition coefficient (Wildman–Crippen LogP) is 4.95. The van der Waals surface area contributed by atoms with Crippen LogP contribution in [0.15, 0.2) is 79.0 Å². The van der Waals surface area contributed by atoms with Crippen molar-refractivity contribution in [1.29, 1.82) is 0 Å². The minimum Gasteiger partial charge on any atom is -0.497 e. The fourth-order valence-electron chi connectivity index (χ4n) is 3.71. The van der Waals surface area contributed by atoms with Gasteiger partial charge >= 0.3 is 6.03 Å². The Hall–Kier alpha value is -3.80. The van der Waals surface area contributed by atoms with Gasteiger partial charge in [-0.3, -0.25) is 0 Å². The molecule has 0 aliphatic heterocycles. The lowest BCUT2D eigenvalue weighted by Crippen LogP contribution is -2.37. The third-order valence-corrected chi connectivity index (χ3v) is 5.32. The molecule has 4 aromatic rings. The quantitative estimate of drug-likeness (QED) is 0.398. The highest BCUT2D eigenvalue weighted by atomic mass is 19.1. The first-order valence-electron chi connectivity index (χ1n) is 10.1. The van der Waals surface area contributed by atoms with Crippen LogP contribution in [0.2, 0.25) is 0 Å². The van der Waals surface area contributed by atoms with Crippen molar-refractivity contribution in [1.82, 2.24) is 15.6 Å². The smallest absolute Gasteiger partial charge is 0.315 e. The zero-order chi connectivity index (χ0) is 21.6. The number of nitrogens with one attached hydrogen (secondary N) is 3. The van der Waals surface area contributed by atoms with E-state index in [1.54, 1.807) is 19.2 Å². The molecule has 0 spiro atoms. The summed E-state index contributed by atoms with van der Waals surface area (Å²) in [5, 5.41) is 6.91.